The van der Waals surface area contributed by atoms with Crippen molar-refractivity contribution in [1.29, 1.82) is 0 Å². The molecule has 22 heavy (non-hydrogen) atoms. The van der Waals surface area contributed by atoms with Crippen molar-refractivity contribution in [3.8, 4) is 22.8 Å². The van der Waals surface area contributed by atoms with E-state index in [1.165, 1.54) is 20.3 Å². The number of methoxy groups -OCH3 is 2. The topological polar surface area (TPSA) is 74.7 Å². The van der Waals surface area contributed by atoms with Gasteiger partial charge in [0, 0.05) is 17.7 Å². The zero-order valence-electron chi connectivity index (χ0n) is 12.3. The number of fused-ring (bicyclic) bond motifs is 1. The summed E-state index contributed by atoms with van der Waals surface area (Å²) in [6.07, 6.45) is 0. The molecule has 0 saturated heterocycles. The van der Waals surface area contributed by atoms with Crippen LogP contribution in [0.5, 0.6) is 11.5 Å². The summed E-state index contributed by atoms with van der Waals surface area (Å²) in [5.41, 5.74) is 7.17. The molecular formula is C17H15NO4. The van der Waals surface area contributed by atoms with Crippen molar-refractivity contribution in [1.82, 2.24) is 0 Å². The second-order valence-electron chi connectivity index (χ2n) is 4.74. The first-order chi connectivity index (χ1) is 10.7. The highest BCUT2D eigenvalue weighted by Gasteiger charge is 2.17. The van der Waals surface area contributed by atoms with Gasteiger partial charge in [0.05, 0.1) is 14.2 Å². The number of hydrogen-bond donors (Lipinski definition) is 1. The van der Waals surface area contributed by atoms with Crippen molar-refractivity contribution >= 4 is 16.7 Å². The van der Waals surface area contributed by atoms with Crippen molar-refractivity contribution in [3.05, 3.63) is 52.7 Å². The van der Waals surface area contributed by atoms with E-state index in [-0.39, 0.29) is 16.7 Å². The van der Waals surface area contributed by atoms with Crippen LogP contribution >= 0.6 is 0 Å². The molecule has 1 heterocycles. The minimum Gasteiger partial charge on any atom is -0.496 e. The summed E-state index contributed by atoms with van der Waals surface area (Å²) >= 11 is 0. The standard InChI is InChI=1S/C17H15NO4/c1-20-13-9-14(21-2)16(18)17-15(13)11(19)8-12(22-17)10-6-4-3-5-7-10/h3-9H,18H2,1-2H3. The molecule has 0 unspecified atom stereocenters. The number of nitrogen functional groups attached to an aromatic ring is 1. The highest BCUT2D eigenvalue weighted by molar-refractivity contribution is 5.96. The predicted molar refractivity (Wildman–Crippen MR) is 85.4 cm³/mol. The lowest BCUT2D eigenvalue weighted by molar-refractivity contribution is 0.398. The molecular weight excluding hydrogens is 282 g/mol. The molecule has 3 rings (SSSR count). The number of rotatable bonds is 3. The van der Waals surface area contributed by atoms with Gasteiger partial charge in [-0.25, -0.2) is 0 Å². The summed E-state index contributed by atoms with van der Waals surface area (Å²) in [7, 11) is 2.98. The first-order valence-electron chi connectivity index (χ1n) is 6.69. The van der Waals surface area contributed by atoms with E-state index in [2.05, 4.69) is 0 Å². The van der Waals surface area contributed by atoms with Gasteiger partial charge in [-0.1, -0.05) is 30.3 Å². The van der Waals surface area contributed by atoms with Crippen LogP contribution in [0.4, 0.5) is 5.69 Å². The summed E-state index contributed by atoms with van der Waals surface area (Å²) in [5.74, 6) is 1.22. The van der Waals surface area contributed by atoms with Crippen molar-refractivity contribution in [3.63, 3.8) is 0 Å². The van der Waals surface area contributed by atoms with Gasteiger partial charge in [0.2, 0.25) is 0 Å². The maximum atomic E-state index is 12.5. The van der Waals surface area contributed by atoms with Crippen LogP contribution < -0.4 is 20.6 Å². The molecule has 0 radical (unpaired) electrons. The Kier molecular flexibility index (Phi) is 3.47. The molecule has 0 fully saturated rings. The first-order valence-corrected chi connectivity index (χ1v) is 6.69. The Hall–Kier alpha value is -2.95. The van der Waals surface area contributed by atoms with Crippen molar-refractivity contribution < 1.29 is 13.9 Å². The second kappa shape index (κ2) is 5.44. The lowest BCUT2D eigenvalue weighted by Crippen LogP contribution is -2.05. The van der Waals surface area contributed by atoms with E-state index in [1.807, 2.05) is 30.3 Å². The molecule has 2 aromatic carbocycles. The molecule has 0 spiro atoms. The zero-order valence-corrected chi connectivity index (χ0v) is 12.3. The molecule has 0 aliphatic rings. The van der Waals surface area contributed by atoms with Gasteiger partial charge in [-0.2, -0.15) is 0 Å². The first kappa shape index (κ1) is 14.0. The lowest BCUT2D eigenvalue weighted by Gasteiger charge is -2.12. The van der Waals surface area contributed by atoms with Crippen LogP contribution in [0.1, 0.15) is 0 Å². The quantitative estimate of drug-likeness (QED) is 0.752. The smallest absolute Gasteiger partial charge is 0.197 e. The maximum absolute atomic E-state index is 12.5. The van der Waals surface area contributed by atoms with Crippen LogP contribution in [0.2, 0.25) is 0 Å². The molecule has 0 aliphatic carbocycles. The lowest BCUT2D eigenvalue weighted by atomic mass is 10.1. The van der Waals surface area contributed by atoms with Gasteiger partial charge in [0.1, 0.15) is 28.3 Å². The molecule has 5 nitrogen and oxygen atoms in total. The fraction of sp³-hybridized carbons (Fsp3) is 0.118. The second-order valence-corrected chi connectivity index (χ2v) is 4.74. The van der Waals surface area contributed by atoms with Crippen LogP contribution in [0.25, 0.3) is 22.3 Å². The molecule has 3 aromatic rings. The van der Waals surface area contributed by atoms with E-state index in [0.717, 1.165) is 5.56 Å². The third-order valence-corrected chi connectivity index (χ3v) is 3.46. The zero-order chi connectivity index (χ0) is 15.7. The fourth-order valence-corrected chi connectivity index (χ4v) is 2.37. The third kappa shape index (κ3) is 2.16. The summed E-state index contributed by atoms with van der Waals surface area (Å²) in [6.45, 7) is 0. The maximum Gasteiger partial charge on any atom is 0.197 e. The van der Waals surface area contributed by atoms with Crippen LogP contribution in [0, 0.1) is 0 Å². The Morgan fingerprint density at radius 2 is 1.68 bits per heavy atom. The molecule has 0 aliphatic heterocycles. The van der Waals surface area contributed by atoms with Crippen LogP contribution in [-0.4, -0.2) is 14.2 Å². The van der Waals surface area contributed by atoms with Crippen LogP contribution in [-0.2, 0) is 0 Å². The molecule has 0 bridgehead atoms. The van der Waals surface area contributed by atoms with E-state index >= 15 is 0 Å². The SMILES string of the molecule is COc1cc(OC)c2c(=O)cc(-c3ccccc3)oc2c1N. The van der Waals surface area contributed by atoms with Crippen molar-refractivity contribution in [2.24, 2.45) is 0 Å². The summed E-state index contributed by atoms with van der Waals surface area (Å²) in [6, 6.07) is 12.4. The molecule has 2 N–H and O–H groups in total. The highest BCUT2D eigenvalue weighted by Crippen LogP contribution is 2.37. The molecule has 0 saturated carbocycles. The van der Waals surface area contributed by atoms with Crippen molar-refractivity contribution in [2.75, 3.05) is 20.0 Å². The molecule has 0 amide bonds. The van der Waals surface area contributed by atoms with Gasteiger partial charge in [-0.15, -0.1) is 0 Å². The largest absolute Gasteiger partial charge is 0.496 e. The van der Waals surface area contributed by atoms with Crippen LogP contribution in [0.3, 0.4) is 0 Å². The summed E-state index contributed by atoms with van der Waals surface area (Å²) in [5, 5.41) is 0.306. The third-order valence-electron chi connectivity index (χ3n) is 3.46. The van der Waals surface area contributed by atoms with E-state index in [1.54, 1.807) is 6.07 Å². The highest BCUT2D eigenvalue weighted by atomic mass is 16.5. The minimum atomic E-state index is -0.216. The Morgan fingerprint density at radius 3 is 2.32 bits per heavy atom. The number of anilines is 1. The van der Waals surface area contributed by atoms with Gasteiger partial charge in [-0.3, -0.25) is 4.79 Å². The fourth-order valence-electron chi connectivity index (χ4n) is 2.37. The van der Waals surface area contributed by atoms with Gasteiger partial charge in [-0.05, 0) is 0 Å². The Balaban J connectivity index is 2.38. The van der Waals surface area contributed by atoms with Gasteiger partial charge < -0.3 is 19.6 Å². The monoisotopic (exact) mass is 297 g/mol. The number of ether oxygens (including phenoxy) is 2. The normalized spacial score (nSPS) is 10.6. The van der Waals surface area contributed by atoms with E-state index in [0.29, 0.717) is 22.6 Å². The Bertz CT molecular complexity index is 885. The summed E-state index contributed by atoms with van der Waals surface area (Å²) in [4.78, 5) is 12.5. The Labute approximate surface area is 126 Å². The number of hydrogen-bond acceptors (Lipinski definition) is 5. The van der Waals surface area contributed by atoms with Gasteiger partial charge in [0.15, 0.2) is 11.0 Å². The Morgan fingerprint density at radius 1 is 1.00 bits per heavy atom. The molecule has 112 valence electrons. The van der Waals surface area contributed by atoms with Gasteiger partial charge >= 0.3 is 0 Å². The summed E-state index contributed by atoms with van der Waals surface area (Å²) < 4.78 is 16.3. The number of benzene rings is 2. The minimum absolute atomic E-state index is 0.216. The average molecular weight is 297 g/mol. The molecule has 1 aromatic heterocycles. The van der Waals surface area contributed by atoms with E-state index in [4.69, 9.17) is 19.6 Å². The molecule has 0 atom stereocenters. The average Bonchev–Trinajstić information content (AvgIpc) is 2.56. The predicted octanol–water partition coefficient (Wildman–Crippen LogP) is 3.06. The molecule has 5 heteroatoms. The van der Waals surface area contributed by atoms with Crippen molar-refractivity contribution in [2.45, 2.75) is 0 Å². The van der Waals surface area contributed by atoms with E-state index in [9.17, 15) is 4.79 Å². The van der Waals surface area contributed by atoms with E-state index < -0.39 is 0 Å². The van der Waals surface area contributed by atoms with Gasteiger partial charge in [0.25, 0.3) is 0 Å². The number of nitrogens with two attached hydrogens (primary N) is 1. The van der Waals surface area contributed by atoms with Crippen LogP contribution in [0.15, 0.2) is 51.7 Å².